The molecule has 0 radical (unpaired) electrons. The summed E-state index contributed by atoms with van der Waals surface area (Å²) in [5, 5.41) is 19.3. The largest absolute Gasteiger partial charge is 0.310 e. The molecule has 1 N–H and O–H groups in total. The van der Waals surface area contributed by atoms with Crippen LogP contribution in [0.4, 0.5) is 0 Å². The molecule has 4 aromatic rings. The fourth-order valence-electron chi connectivity index (χ4n) is 3.97. The summed E-state index contributed by atoms with van der Waals surface area (Å²) in [4.78, 5) is 4.79. The number of H-pyrrole nitrogens is 1. The number of nitrogens with zero attached hydrogens (tertiary/aromatic N) is 7. The minimum absolute atomic E-state index is 0.368. The van der Waals surface area contributed by atoms with E-state index in [2.05, 4.69) is 94.0 Å². The van der Waals surface area contributed by atoms with Gasteiger partial charge in [-0.05, 0) is 59.0 Å². The summed E-state index contributed by atoms with van der Waals surface area (Å²) in [5.41, 5.74) is 4.46. The zero-order valence-corrected chi connectivity index (χ0v) is 19.4. The highest BCUT2D eigenvalue weighted by Gasteiger charge is 2.17. The maximum atomic E-state index is 4.79. The second-order valence-electron chi connectivity index (χ2n) is 8.51. The number of tetrazole rings is 1. The Kier molecular flexibility index (Phi) is 6.78. The third kappa shape index (κ3) is 4.64. The van der Waals surface area contributed by atoms with Crippen LogP contribution in [-0.4, -0.2) is 40.0 Å². The molecule has 0 unspecified atom stereocenters. The van der Waals surface area contributed by atoms with Crippen LogP contribution in [0.15, 0.2) is 36.4 Å². The minimum atomic E-state index is 0.368. The number of hydrogen-bond acceptors (Lipinski definition) is 5. The van der Waals surface area contributed by atoms with E-state index >= 15 is 0 Å². The van der Waals surface area contributed by atoms with Gasteiger partial charge in [-0.1, -0.05) is 46.2 Å². The van der Waals surface area contributed by atoms with Crippen molar-refractivity contribution in [3.8, 4) is 17.2 Å². The van der Waals surface area contributed by atoms with Gasteiger partial charge in [-0.3, -0.25) is 0 Å². The van der Waals surface area contributed by atoms with E-state index in [9.17, 15) is 0 Å². The second kappa shape index (κ2) is 9.89. The SMILES string of the molecule is CCCCc1nc(CCC)nn1Cc1ccc(-n2c(-c3nnn[nH]3)ccc2C(C)C)cc1. The lowest BCUT2D eigenvalue weighted by Crippen LogP contribution is -2.08. The average Bonchev–Trinajstić information content (AvgIpc) is 3.53. The molecule has 0 amide bonds. The van der Waals surface area contributed by atoms with Gasteiger partial charge in [0.05, 0.1) is 12.2 Å². The molecule has 168 valence electrons. The summed E-state index contributed by atoms with van der Waals surface area (Å²) in [5.74, 6) is 3.07. The predicted molar refractivity (Wildman–Crippen MR) is 125 cm³/mol. The summed E-state index contributed by atoms with van der Waals surface area (Å²) >= 11 is 0. The third-order valence-electron chi connectivity index (χ3n) is 5.64. The van der Waals surface area contributed by atoms with Gasteiger partial charge in [0.15, 0.2) is 11.6 Å². The van der Waals surface area contributed by atoms with Crippen molar-refractivity contribution < 1.29 is 0 Å². The Morgan fingerprint density at radius 3 is 2.44 bits per heavy atom. The molecule has 0 aliphatic rings. The van der Waals surface area contributed by atoms with Crippen molar-refractivity contribution in [3.63, 3.8) is 0 Å². The molecule has 0 spiro atoms. The lowest BCUT2D eigenvalue weighted by atomic mass is 10.1. The summed E-state index contributed by atoms with van der Waals surface area (Å²) < 4.78 is 4.30. The molecule has 4 rings (SSSR count). The van der Waals surface area contributed by atoms with Crippen LogP contribution < -0.4 is 0 Å². The summed E-state index contributed by atoms with van der Waals surface area (Å²) in [6.07, 6.45) is 5.25. The fraction of sp³-hybridized carbons (Fsp3) is 0.458. The van der Waals surface area contributed by atoms with E-state index in [0.29, 0.717) is 11.7 Å². The third-order valence-corrected chi connectivity index (χ3v) is 5.64. The molecular formula is C24H32N8. The molecule has 0 bridgehead atoms. The van der Waals surface area contributed by atoms with E-state index < -0.39 is 0 Å². The Morgan fingerprint density at radius 1 is 0.969 bits per heavy atom. The van der Waals surface area contributed by atoms with Crippen molar-refractivity contribution in [1.29, 1.82) is 0 Å². The number of aromatic amines is 1. The van der Waals surface area contributed by atoms with Crippen molar-refractivity contribution in [1.82, 2.24) is 40.0 Å². The van der Waals surface area contributed by atoms with Gasteiger partial charge in [0.1, 0.15) is 5.82 Å². The van der Waals surface area contributed by atoms with E-state index in [1.807, 2.05) is 0 Å². The lowest BCUT2D eigenvalue weighted by molar-refractivity contribution is 0.613. The number of nitrogens with one attached hydrogen (secondary N) is 1. The van der Waals surface area contributed by atoms with Gasteiger partial charge < -0.3 is 4.57 Å². The highest BCUT2D eigenvalue weighted by atomic mass is 15.5. The first kappa shape index (κ1) is 21.9. The molecule has 3 aromatic heterocycles. The first-order valence-electron chi connectivity index (χ1n) is 11.6. The average molecular weight is 433 g/mol. The van der Waals surface area contributed by atoms with E-state index in [-0.39, 0.29) is 0 Å². The maximum absolute atomic E-state index is 4.79. The predicted octanol–water partition coefficient (Wildman–Crippen LogP) is 4.72. The zero-order valence-electron chi connectivity index (χ0n) is 19.4. The summed E-state index contributed by atoms with van der Waals surface area (Å²) in [6, 6.07) is 12.9. The molecule has 1 aromatic carbocycles. The smallest absolute Gasteiger partial charge is 0.196 e. The fourth-order valence-corrected chi connectivity index (χ4v) is 3.97. The molecule has 8 nitrogen and oxygen atoms in total. The number of rotatable bonds is 10. The normalized spacial score (nSPS) is 11.5. The van der Waals surface area contributed by atoms with Crippen molar-refractivity contribution in [2.45, 2.75) is 72.3 Å². The Balaban J connectivity index is 1.62. The minimum Gasteiger partial charge on any atom is -0.310 e. The molecule has 0 atom stereocenters. The van der Waals surface area contributed by atoms with E-state index in [1.54, 1.807) is 0 Å². The van der Waals surface area contributed by atoms with Crippen molar-refractivity contribution in [3.05, 3.63) is 59.3 Å². The van der Waals surface area contributed by atoms with Crippen LogP contribution in [0.25, 0.3) is 17.2 Å². The topological polar surface area (TPSA) is 90.1 Å². The van der Waals surface area contributed by atoms with Gasteiger partial charge >= 0.3 is 0 Å². The van der Waals surface area contributed by atoms with E-state index in [1.165, 1.54) is 11.3 Å². The quantitative estimate of drug-likeness (QED) is 0.392. The second-order valence-corrected chi connectivity index (χ2v) is 8.51. The highest BCUT2D eigenvalue weighted by molar-refractivity contribution is 5.57. The molecular weight excluding hydrogens is 400 g/mol. The van der Waals surface area contributed by atoms with Gasteiger partial charge in [-0.25, -0.2) is 14.8 Å². The van der Waals surface area contributed by atoms with E-state index in [0.717, 1.165) is 61.7 Å². The van der Waals surface area contributed by atoms with Gasteiger partial charge in [0.25, 0.3) is 0 Å². The van der Waals surface area contributed by atoms with Gasteiger partial charge in [-0.15, -0.1) is 5.10 Å². The standard InChI is InChI=1S/C24H32N8/c1-5-7-9-23-25-22(8-6-2)28-31(23)16-18-10-12-19(13-11-18)32-20(17(3)4)14-15-21(32)24-26-29-30-27-24/h10-15,17H,5-9,16H2,1-4H3,(H,26,27,29,30). The number of hydrogen-bond donors (Lipinski definition) is 1. The number of unbranched alkanes of at least 4 members (excludes halogenated alkanes) is 1. The molecule has 0 saturated heterocycles. The van der Waals surface area contributed by atoms with Crippen LogP contribution >= 0.6 is 0 Å². The van der Waals surface area contributed by atoms with Gasteiger partial charge in [0.2, 0.25) is 0 Å². The van der Waals surface area contributed by atoms with Crippen LogP contribution in [0.2, 0.25) is 0 Å². The monoisotopic (exact) mass is 432 g/mol. The molecule has 0 saturated carbocycles. The molecule has 0 aliphatic heterocycles. The van der Waals surface area contributed by atoms with E-state index in [4.69, 9.17) is 10.1 Å². The first-order valence-corrected chi connectivity index (χ1v) is 11.6. The lowest BCUT2D eigenvalue weighted by Gasteiger charge is -2.15. The van der Waals surface area contributed by atoms with Crippen LogP contribution in [-0.2, 0) is 19.4 Å². The zero-order chi connectivity index (χ0) is 22.5. The Bertz CT molecular complexity index is 1120. The molecule has 0 fully saturated rings. The van der Waals surface area contributed by atoms with Gasteiger partial charge in [0, 0.05) is 24.2 Å². The van der Waals surface area contributed by atoms with Gasteiger partial charge in [-0.2, -0.15) is 5.10 Å². The number of aromatic nitrogens is 8. The highest BCUT2D eigenvalue weighted by Crippen LogP contribution is 2.28. The Morgan fingerprint density at radius 2 is 1.78 bits per heavy atom. The number of benzene rings is 1. The Hall–Kier alpha value is -3.29. The first-order chi connectivity index (χ1) is 15.6. The van der Waals surface area contributed by atoms with Crippen LogP contribution in [0.1, 0.15) is 75.8 Å². The van der Waals surface area contributed by atoms with Crippen LogP contribution in [0.5, 0.6) is 0 Å². The van der Waals surface area contributed by atoms with Crippen LogP contribution in [0, 0.1) is 0 Å². The van der Waals surface area contributed by atoms with Crippen molar-refractivity contribution in [2.24, 2.45) is 0 Å². The van der Waals surface area contributed by atoms with Crippen molar-refractivity contribution in [2.75, 3.05) is 0 Å². The van der Waals surface area contributed by atoms with Crippen LogP contribution in [0.3, 0.4) is 0 Å². The molecule has 8 heteroatoms. The molecule has 3 heterocycles. The van der Waals surface area contributed by atoms with Crippen molar-refractivity contribution >= 4 is 0 Å². The number of aryl methyl sites for hydroxylation is 2. The Labute approximate surface area is 189 Å². The maximum Gasteiger partial charge on any atom is 0.196 e. The summed E-state index contributed by atoms with van der Waals surface area (Å²) in [7, 11) is 0. The molecule has 0 aliphatic carbocycles. The molecule has 32 heavy (non-hydrogen) atoms. The summed E-state index contributed by atoms with van der Waals surface area (Å²) in [6.45, 7) is 9.50.